The lowest BCUT2D eigenvalue weighted by atomic mass is 10.0. The van der Waals surface area contributed by atoms with Crippen LogP contribution < -0.4 is 4.74 Å². The van der Waals surface area contributed by atoms with E-state index in [9.17, 15) is 27.9 Å². The van der Waals surface area contributed by atoms with E-state index in [2.05, 4.69) is 0 Å². The molecule has 0 saturated carbocycles. The Morgan fingerprint density at radius 2 is 1.59 bits per heavy atom. The Morgan fingerprint density at radius 1 is 1.00 bits per heavy atom. The highest BCUT2D eigenvalue weighted by molar-refractivity contribution is 5.95. The van der Waals surface area contributed by atoms with Crippen molar-refractivity contribution in [2.24, 2.45) is 0 Å². The SMILES string of the molecule is CC(C)(C)OC(=O)c1c(COc2ccc(C(=O)O)cc2)ccc(C(F)(F)F)c1O. The number of benzene rings is 2. The number of hydrogen-bond acceptors (Lipinski definition) is 5. The summed E-state index contributed by atoms with van der Waals surface area (Å²) in [6.07, 6.45) is -4.87. The summed E-state index contributed by atoms with van der Waals surface area (Å²) >= 11 is 0. The van der Waals surface area contributed by atoms with Crippen LogP contribution in [0.25, 0.3) is 0 Å². The Balaban J connectivity index is 2.38. The van der Waals surface area contributed by atoms with E-state index in [1.807, 2.05) is 0 Å². The number of phenols is 1. The predicted octanol–water partition coefficient (Wildman–Crippen LogP) is 4.64. The van der Waals surface area contributed by atoms with Gasteiger partial charge in [-0.25, -0.2) is 9.59 Å². The number of phenolic OH excluding ortho intramolecular Hbond substituents is 1. The minimum Gasteiger partial charge on any atom is -0.506 e. The molecule has 29 heavy (non-hydrogen) atoms. The van der Waals surface area contributed by atoms with E-state index in [-0.39, 0.29) is 23.5 Å². The summed E-state index contributed by atoms with van der Waals surface area (Å²) in [6, 6.07) is 6.97. The second-order valence-electron chi connectivity index (χ2n) is 7.11. The molecule has 0 spiro atoms. The van der Waals surface area contributed by atoms with Crippen molar-refractivity contribution < 1.29 is 42.4 Å². The Morgan fingerprint density at radius 3 is 2.07 bits per heavy atom. The average molecular weight is 412 g/mol. The number of carbonyl (C=O) groups excluding carboxylic acids is 1. The zero-order valence-electron chi connectivity index (χ0n) is 15.8. The highest BCUT2D eigenvalue weighted by atomic mass is 19.4. The molecule has 2 rings (SSSR count). The second-order valence-corrected chi connectivity index (χ2v) is 7.11. The lowest BCUT2D eigenvalue weighted by molar-refractivity contribution is -0.138. The number of halogens is 3. The fraction of sp³-hybridized carbons (Fsp3) is 0.300. The minimum atomic E-state index is -4.87. The van der Waals surface area contributed by atoms with Gasteiger partial charge in [0.1, 0.15) is 29.3 Å². The fourth-order valence-electron chi connectivity index (χ4n) is 2.39. The van der Waals surface area contributed by atoms with Crippen LogP contribution in [0.15, 0.2) is 36.4 Å². The Labute approximate surface area is 164 Å². The van der Waals surface area contributed by atoms with Crippen molar-refractivity contribution in [2.75, 3.05) is 0 Å². The van der Waals surface area contributed by atoms with E-state index in [4.69, 9.17) is 14.6 Å². The zero-order valence-corrected chi connectivity index (χ0v) is 15.8. The largest absolute Gasteiger partial charge is 0.506 e. The van der Waals surface area contributed by atoms with Crippen LogP contribution in [0.3, 0.4) is 0 Å². The Hall–Kier alpha value is -3.23. The van der Waals surface area contributed by atoms with Crippen molar-refractivity contribution in [3.8, 4) is 11.5 Å². The number of esters is 1. The van der Waals surface area contributed by atoms with Crippen LogP contribution in [0.5, 0.6) is 11.5 Å². The molecule has 0 heterocycles. The van der Waals surface area contributed by atoms with Crippen molar-refractivity contribution >= 4 is 11.9 Å². The molecule has 9 heteroatoms. The molecule has 0 bridgehead atoms. The molecule has 0 unspecified atom stereocenters. The van der Waals surface area contributed by atoms with Crippen molar-refractivity contribution in [3.63, 3.8) is 0 Å². The van der Waals surface area contributed by atoms with E-state index in [1.54, 1.807) is 0 Å². The van der Waals surface area contributed by atoms with Gasteiger partial charge in [-0.2, -0.15) is 13.2 Å². The van der Waals surface area contributed by atoms with Crippen molar-refractivity contribution in [3.05, 3.63) is 58.7 Å². The normalized spacial score (nSPS) is 11.8. The minimum absolute atomic E-state index is 0.0212. The maximum absolute atomic E-state index is 13.1. The molecule has 2 N–H and O–H groups in total. The third-order valence-corrected chi connectivity index (χ3v) is 3.67. The number of rotatable bonds is 5. The lowest BCUT2D eigenvalue weighted by Gasteiger charge is -2.22. The van der Waals surface area contributed by atoms with Crippen LogP contribution >= 0.6 is 0 Å². The van der Waals surface area contributed by atoms with E-state index in [0.717, 1.165) is 6.07 Å². The maximum Gasteiger partial charge on any atom is 0.419 e. The number of carbonyl (C=O) groups is 2. The van der Waals surface area contributed by atoms with E-state index in [1.165, 1.54) is 45.0 Å². The molecule has 0 aliphatic heterocycles. The number of alkyl halides is 3. The van der Waals surface area contributed by atoms with Crippen LogP contribution in [0, 0.1) is 0 Å². The molecule has 6 nitrogen and oxygen atoms in total. The second kappa shape index (κ2) is 8.02. The maximum atomic E-state index is 13.1. The van der Waals surface area contributed by atoms with E-state index >= 15 is 0 Å². The molecular weight excluding hydrogens is 393 g/mol. The van der Waals surface area contributed by atoms with Crippen LogP contribution in [0.2, 0.25) is 0 Å². The van der Waals surface area contributed by atoms with Crippen LogP contribution in [-0.4, -0.2) is 27.8 Å². The number of aromatic hydroxyl groups is 1. The quantitative estimate of drug-likeness (QED) is 0.695. The number of carboxylic acids is 1. The molecule has 0 radical (unpaired) electrons. The predicted molar refractivity (Wildman–Crippen MR) is 96.0 cm³/mol. The third-order valence-electron chi connectivity index (χ3n) is 3.67. The van der Waals surface area contributed by atoms with Crippen LogP contribution in [-0.2, 0) is 17.5 Å². The van der Waals surface area contributed by atoms with Gasteiger partial charge in [-0.15, -0.1) is 0 Å². The standard InChI is InChI=1S/C20H19F3O6/c1-19(2,3)29-18(27)15-12(6-9-14(16(15)24)20(21,22)23)10-28-13-7-4-11(5-8-13)17(25)26/h4-9,24H,10H2,1-3H3,(H,25,26). The van der Waals surface area contributed by atoms with Crippen molar-refractivity contribution in [1.82, 2.24) is 0 Å². The first-order valence-corrected chi connectivity index (χ1v) is 8.41. The van der Waals surface area contributed by atoms with Gasteiger partial charge in [0.15, 0.2) is 0 Å². The summed E-state index contributed by atoms with van der Waals surface area (Å²) in [5.41, 5.74) is -3.00. The molecule has 0 aliphatic rings. The summed E-state index contributed by atoms with van der Waals surface area (Å²) < 4.78 is 49.9. The number of hydrogen-bond donors (Lipinski definition) is 2. The monoisotopic (exact) mass is 412 g/mol. The summed E-state index contributed by atoms with van der Waals surface area (Å²) in [5, 5.41) is 19.0. The van der Waals surface area contributed by atoms with E-state index in [0.29, 0.717) is 6.07 Å². The third kappa shape index (κ3) is 5.63. The average Bonchev–Trinajstić information content (AvgIpc) is 2.57. The van der Waals surface area contributed by atoms with Gasteiger partial charge in [0, 0.05) is 5.56 Å². The first-order chi connectivity index (χ1) is 13.3. The van der Waals surface area contributed by atoms with Gasteiger partial charge in [-0.1, -0.05) is 6.07 Å². The first-order valence-electron chi connectivity index (χ1n) is 8.41. The summed E-state index contributed by atoms with van der Waals surface area (Å²) in [4.78, 5) is 23.3. The number of ether oxygens (including phenoxy) is 2. The molecule has 2 aromatic carbocycles. The molecule has 0 aliphatic carbocycles. The fourth-order valence-corrected chi connectivity index (χ4v) is 2.39. The molecule has 0 saturated heterocycles. The summed E-state index contributed by atoms with van der Waals surface area (Å²) in [5.74, 6) is -3.27. The van der Waals surface area contributed by atoms with Crippen molar-refractivity contribution in [2.45, 2.75) is 39.2 Å². The summed E-state index contributed by atoms with van der Waals surface area (Å²) in [7, 11) is 0. The summed E-state index contributed by atoms with van der Waals surface area (Å²) in [6.45, 7) is 4.26. The van der Waals surface area contributed by atoms with Crippen LogP contribution in [0.4, 0.5) is 13.2 Å². The molecule has 0 atom stereocenters. The van der Waals surface area contributed by atoms with Gasteiger partial charge in [0.2, 0.25) is 0 Å². The van der Waals surface area contributed by atoms with Gasteiger partial charge in [0.25, 0.3) is 0 Å². The Kier molecular flexibility index (Phi) is 6.10. The van der Waals surface area contributed by atoms with Gasteiger partial charge >= 0.3 is 18.1 Å². The molecule has 2 aromatic rings. The first kappa shape index (κ1) is 22.1. The van der Waals surface area contributed by atoms with Gasteiger partial charge in [-0.05, 0) is 51.1 Å². The molecular formula is C20H19F3O6. The zero-order chi connectivity index (χ0) is 22.0. The number of aromatic carboxylic acids is 1. The molecule has 0 aromatic heterocycles. The van der Waals surface area contributed by atoms with E-state index < -0.39 is 40.6 Å². The smallest absolute Gasteiger partial charge is 0.419 e. The Bertz CT molecular complexity index is 912. The van der Waals surface area contributed by atoms with Gasteiger partial charge < -0.3 is 19.7 Å². The lowest BCUT2D eigenvalue weighted by Crippen LogP contribution is -2.25. The highest BCUT2D eigenvalue weighted by Crippen LogP contribution is 2.39. The van der Waals surface area contributed by atoms with Gasteiger partial charge in [-0.3, -0.25) is 0 Å². The highest BCUT2D eigenvalue weighted by Gasteiger charge is 2.37. The molecule has 0 fully saturated rings. The molecule has 0 amide bonds. The number of carboxylic acid groups (broad SMARTS) is 1. The molecule has 156 valence electrons. The topological polar surface area (TPSA) is 93.1 Å². The van der Waals surface area contributed by atoms with Crippen molar-refractivity contribution in [1.29, 1.82) is 0 Å². The van der Waals surface area contributed by atoms with Gasteiger partial charge in [0.05, 0.1) is 11.1 Å². The van der Waals surface area contributed by atoms with Crippen LogP contribution in [0.1, 0.15) is 52.6 Å².